The second kappa shape index (κ2) is 3.57. The van der Waals surface area contributed by atoms with Gasteiger partial charge in [-0.2, -0.15) is 0 Å². The van der Waals surface area contributed by atoms with Crippen LogP contribution in [0.1, 0.15) is 24.4 Å². The van der Waals surface area contributed by atoms with Crippen molar-refractivity contribution in [1.82, 2.24) is 4.98 Å². The van der Waals surface area contributed by atoms with Crippen LogP contribution in [0.15, 0.2) is 0 Å². The van der Waals surface area contributed by atoms with E-state index in [4.69, 9.17) is 5.11 Å². The number of carboxylic acids is 1. The van der Waals surface area contributed by atoms with Gasteiger partial charge in [-0.15, -0.1) is 11.3 Å². The molecule has 0 aliphatic rings. The fourth-order valence-corrected chi connectivity index (χ4v) is 1.82. The Morgan fingerprint density at radius 1 is 1.50 bits per heavy atom. The molecule has 0 saturated heterocycles. The fraction of sp³-hybridized carbons (Fsp3) is 0.556. The van der Waals surface area contributed by atoms with E-state index >= 15 is 0 Å². The minimum absolute atomic E-state index is 0.660. The third-order valence-corrected chi connectivity index (χ3v) is 2.97. The van der Waals surface area contributed by atoms with Crippen molar-refractivity contribution >= 4 is 22.4 Å². The lowest BCUT2D eigenvalue weighted by molar-refractivity contribution is -0.141. The van der Waals surface area contributed by atoms with Gasteiger partial charge in [0, 0.05) is 4.88 Å². The van der Waals surface area contributed by atoms with Crippen LogP contribution in [0.4, 0.5) is 5.13 Å². The number of aryl methyl sites for hydroxylation is 2. The standard InChI is InChI=1S/C9H14N2O2S/c1-5-6(2)14-8(10-5)11-9(3,4)7(12)13/h1-4H3,(H,10,11)(H,12,13). The number of anilines is 1. The molecular formula is C9H14N2O2S. The van der Waals surface area contributed by atoms with Crippen LogP contribution in [-0.2, 0) is 4.79 Å². The SMILES string of the molecule is Cc1nc(NC(C)(C)C(=O)O)sc1C. The predicted octanol–water partition coefficient (Wildman–Crippen LogP) is 2.04. The van der Waals surface area contributed by atoms with Crippen LogP contribution in [0.25, 0.3) is 0 Å². The number of hydrogen-bond donors (Lipinski definition) is 2. The Hall–Kier alpha value is -1.10. The maximum absolute atomic E-state index is 10.8. The zero-order valence-corrected chi connectivity index (χ0v) is 9.53. The van der Waals surface area contributed by atoms with Gasteiger partial charge in [0.05, 0.1) is 5.69 Å². The van der Waals surface area contributed by atoms with E-state index in [0.717, 1.165) is 10.6 Å². The van der Waals surface area contributed by atoms with Crippen molar-refractivity contribution < 1.29 is 9.90 Å². The summed E-state index contributed by atoms with van der Waals surface area (Å²) in [4.78, 5) is 16.2. The number of aromatic nitrogens is 1. The summed E-state index contributed by atoms with van der Waals surface area (Å²) in [6.45, 7) is 7.10. The first kappa shape index (κ1) is 11.0. The van der Waals surface area contributed by atoms with E-state index < -0.39 is 11.5 Å². The Morgan fingerprint density at radius 2 is 2.07 bits per heavy atom. The van der Waals surface area contributed by atoms with Crippen molar-refractivity contribution in [1.29, 1.82) is 0 Å². The maximum atomic E-state index is 10.8. The summed E-state index contributed by atoms with van der Waals surface area (Å²) in [5.74, 6) is -0.886. The number of thiazole rings is 1. The van der Waals surface area contributed by atoms with Crippen molar-refractivity contribution in [2.45, 2.75) is 33.2 Å². The molecule has 5 heteroatoms. The van der Waals surface area contributed by atoms with E-state index in [1.165, 1.54) is 11.3 Å². The monoisotopic (exact) mass is 214 g/mol. The minimum Gasteiger partial charge on any atom is -0.480 e. The molecule has 0 atom stereocenters. The third kappa shape index (κ3) is 2.23. The lowest BCUT2D eigenvalue weighted by atomic mass is 10.1. The summed E-state index contributed by atoms with van der Waals surface area (Å²) in [5, 5.41) is 12.4. The zero-order valence-electron chi connectivity index (χ0n) is 8.71. The number of carboxylic acid groups (broad SMARTS) is 1. The molecule has 0 radical (unpaired) electrons. The molecule has 1 heterocycles. The predicted molar refractivity (Wildman–Crippen MR) is 56.9 cm³/mol. The molecule has 1 aromatic heterocycles. The summed E-state index contributed by atoms with van der Waals surface area (Å²) in [6, 6.07) is 0. The number of nitrogens with zero attached hydrogens (tertiary/aromatic N) is 1. The van der Waals surface area contributed by atoms with Crippen molar-refractivity contribution in [3.63, 3.8) is 0 Å². The molecule has 0 aliphatic carbocycles. The molecule has 1 rings (SSSR count). The molecule has 0 aliphatic heterocycles. The highest BCUT2D eigenvalue weighted by molar-refractivity contribution is 7.15. The summed E-state index contributed by atoms with van der Waals surface area (Å²) in [6.07, 6.45) is 0. The smallest absolute Gasteiger partial charge is 0.328 e. The Kier molecular flexibility index (Phi) is 2.80. The molecule has 14 heavy (non-hydrogen) atoms. The number of aliphatic carboxylic acids is 1. The number of hydrogen-bond acceptors (Lipinski definition) is 4. The van der Waals surface area contributed by atoms with Crippen molar-refractivity contribution in [2.24, 2.45) is 0 Å². The molecule has 0 aromatic carbocycles. The zero-order chi connectivity index (χ0) is 10.9. The number of nitrogens with one attached hydrogen (secondary N) is 1. The maximum Gasteiger partial charge on any atom is 0.328 e. The summed E-state index contributed by atoms with van der Waals surface area (Å²) < 4.78 is 0. The molecule has 0 fully saturated rings. The van der Waals surface area contributed by atoms with Crippen LogP contribution >= 0.6 is 11.3 Å². The van der Waals surface area contributed by atoms with Crippen LogP contribution in [0.3, 0.4) is 0 Å². The average molecular weight is 214 g/mol. The average Bonchev–Trinajstić information content (AvgIpc) is 2.29. The van der Waals surface area contributed by atoms with Crippen LogP contribution in [-0.4, -0.2) is 21.6 Å². The van der Waals surface area contributed by atoms with Gasteiger partial charge in [0.2, 0.25) is 0 Å². The molecule has 78 valence electrons. The molecule has 0 bridgehead atoms. The Bertz CT molecular complexity index is 338. The highest BCUT2D eigenvalue weighted by atomic mass is 32.1. The normalized spacial score (nSPS) is 11.4. The van der Waals surface area contributed by atoms with Crippen LogP contribution in [0.5, 0.6) is 0 Å². The minimum atomic E-state index is -0.975. The molecule has 1 aromatic rings. The van der Waals surface area contributed by atoms with E-state index in [1.807, 2.05) is 13.8 Å². The second-order valence-corrected chi connectivity index (χ2v) is 4.92. The van der Waals surface area contributed by atoms with E-state index in [1.54, 1.807) is 13.8 Å². The van der Waals surface area contributed by atoms with Crippen molar-refractivity contribution in [3.05, 3.63) is 10.6 Å². The van der Waals surface area contributed by atoms with Gasteiger partial charge in [0.15, 0.2) is 5.13 Å². The van der Waals surface area contributed by atoms with E-state index in [2.05, 4.69) is 10.3 Å². The highest BCUT2D eigenvalue weighted by Crippen LogP contribution is 2.24. The van der Waals surface area contributed by atoms with Gasteiger partial charge >= 0.3 is 5.97 Å². The quantitative estimate of drug-likeness (QED) is 0.808. The van der Waals surface area contributed by atoms with Crippen molar-refractivity contribution in [2.75, 3.05) is 5.32 Å². The highest BCUT2D eigenvalue weighted by Gasteiger charge is 2.27. The van der Waals surface area contributed by atoms with Crippen LogP contribution in [0.2, 0.25) is 0 Å². The number of rotatable bonds is 3. The molecule has 0 amide bonds. The van der Waals surface area contributed by atoms with Gasteiger partial charge in [-0.3, -0.25) is 0 Å². The van der Waals surface area contributed by atoms with Crippen molar-refractivity contribution in [3.8, 4) is 0 Å². The largest absolute Gasteiger partial charge is 0.480 e. The third-order valence-electron chi connectivity index (χ3n) is 1.98. The first-order valence-corrected chi connectivity index (χ1v) is 5.10. The lowest BCUT2D eigenvalue weighted by Gasteiger charge is -2.19. The van der Waals surface area contributed by atoms with E-state index in [-0.39, 0.29) is 0 Å². The first-order valence-electron chi connectivity index (χ1n) is 4.28. The molecular weight excluding hydrogens is 200 g/mol. The van der Waals surface area contributed by atoms with Gasteiger partial charge in [-0.1, -0.05) is 0 Å². The Balaban J connectivity index is 2.84. The first-order chi connectivity index (χ1) is 6.33. The molecule has 0 saturated carbocycles. The van der Waals surface area contributed by atoms with Crippen LogP contribution in [0, 0.1) is 13.8 Å². The lowest BCUT2D eigenvalue weighted by Crippen LogP contribution is -2.39. The molecule has 4 nitrogen and oxygen atoms in total. The van der Waals surface area contributed by atoms with Crippen LogP contribution < -0.4 is 5.32 Å². The Morgan fingerprint density at radius 3 is 2.43 bits per heavy atom. The van der Waals surface area contributed by atoms with Gasteiger partial charge in [-0.25, -0.2) is 9.78 Å². The van der Waals surface area contributed by atoms with Gasteiger partial charge < -0.3 is 10.4 Å². The molecule has 2 N–H and O–H groups in total. The summed E-state index contributed by atoms with van der Waals surface area (Å²) in [5.41, 5.74) is -0.0322. The van der Waals surface area contributed by atoms with E-state index in [0.29, 0.717) is 5.13 Å². The topological polar surface area (TPSA) is 62.2 Å². The molecule has 0 unspecified atom stereocenters. The number of carbonyl (C=O) groups is 1. The van der Waals surface area contributed by atoms with Gasteiger partial charge in [0.25, 0.3) is 0 Å². The molecule has 0 spiro atoms. The fourth-order valence-electron chi connectivity index (χ4n) is 0.847. The summed E-state index contributed by atoms with van der Waals surface area (Å²) in [7, 11) is 0. The van der Waals surface area contributed by atoms with Gasteiger partial charge in [0.1, 0.15) is 5.54 Å². The van der Waals surface area contributed by atoms with E-state index in [9.17, 15) is 4.79 Å². The van der Waals surface area contributed by atoms with Gasteiger partial charge in [-0.05, 0) is 27.7 Å². The Labute approximate surface area is 87.0 Å². The summed E-state index contributed by atoms with van der Waals surface area (Å²) >= 11 is 1.47. The second-order valence-electron chi connectivity index (χ2n) is 3.72.